The van der Waals surface area contributed by atoms with Crippen LogP contribution in [0.3, 0.4) is 0 Å². The van der Waals surface area contributed by atoms with Crippen LogP contribution in [0.4, 0.5) is 0 Å². The van der Waals surface area contributed by atoms with Gasteiger partial charge < -0.3 is 15.3 Å². The van der Waals surface area contributed by atoms with Crippen molar-refractivity contribution in [3.05, 3.63) is 0 Å². The number of hydrogen-bond donors (Lipinski definition) is 2. The molecule has 3 atom stereocenters. The van der Waals surface area contributed by atoms with Gasteiger partial charge in [-0.1, -0.05) is 0 Å². The molecule has 0 spiro atoms. The highest BCUT2D eigenvalue weighted by molar-refractivity contribution is 5.79. The minimum Gasteiger partial charge on any atom is -0.393 e. The minimum atomic E-state index is -0.296. The SMILES string of the molecule is C[C@H](O)[C@H]1CCCN(C(=O)[C@H]2CCCNC2)C1. The van der Waals surface area contributed by atoms with Crippen molar-refractivity contribution in [1.29, 1.82) is 0 Å². The molecule has 0 aromatic rings. The highest BCUT2D eigenvalue weighted by Crippen LogP contribution is 2.22. The summed E-state index contributed by atoms with van der Waals surface area (Å²) < 4.78 is 0. The second kappa shape index (κ2) is 5.83. The van der Waals surface area contributed by atoms with Crippen molar-refractivity contribution in [2.75, 3.05) is 26.2 Å². The van der Waals surface area contributed by atoms with Gasteiger partial charge in [-0.2, -0.15) is 0 Å². The molecule has 0 unspecified atom stereocenters. The van der Waals surface area contributed by atoms with Crippen molar-refractivity contribution in [2.24, 2.45) is 11.8 Å². The smallest absolute Gasteiger partial charge is 0.226 e. The van der Waals surface area contributed by atoms with Crippen molar-refractivity contribution < 1.29 is 9.90 Å². The van der Waals surface area contributed by atoms with Gasteiger partial charge in [-0.25, -0.2) is 0 Å². The van der Waals surface area contributed by atoms with E-state index in [1.165, 1.54) is 0 Å². The van der Waals surface area contributed by atoms with Crippen LogP contribution in [0.1, 0.15) is 32.6 Å². The number of carbonyl (C=O) groups excluding carboxylic acids is 1. The number of amides is 1. The van der Waals surface area contributed by atoms with Crippen LogP contribution in [0.15, 0.2) is 0 Å². The van der Waals surface area contributed by atoms with Gasteiger partial charge in [-0.05, 0) is 39.2 Å². The Bertz CT molecular complexity index is 262. The number of hydrogen-bond acceptors (Lipinski definition) is 3. The lowest BCUT2D eigenvalue weighted by Gasteiger charge is -2.37. The lowest BCUT2D eigenvalue weighted by molar-refractivity contribution is -0.138. The predicted octanol–water partition coefficient (Wildman–Crippen LogP) is 0.605. The standard InChI is InChI=1S/C13H24N2O2/c1-10(16)12-5-3-7-15(9-12)13(17)11-4-2-6-14-8-11/h10-12,14,16H,2-9H2,1H3/t10-,11-,12-/m0/s1. The Morgan fingerprint density at radius 1 is 1.41 bits per heavy atom. The number of rotatable bonds is 2. The maximum absolute atomic E-state index is 12.3. The second-order valence-corrected chi connectivity index (χ2v) is 5.47. The van der Waals surface area contributed by atoms with Gasteiger partial charge in [-0.3, -0.25) is 4.79 Å². The first-order valence-corrected chi connectivity index (χ1v) is 6.86. The maximum atomic E-state index is 12.3. The number of nitrogens with zero attached hydrogens (tertiary/aromatic N) is 1. The summed E-state index contributed by atoms with van der Waals surface area (Å²) >= 11 is 0. The predicted molar refractivity (Wildman–Crippen MR) is 66.6 cm³/mol. The zero-order valence-electron chi connectivity index (χ0n) is 10.7. The quantitative estimate of drug-likeness (QED) is 0.743. The monoisotopic (exact) mass is 240 g/mol. The number of nitrogens with one attached hydrogen (secondary N) is 1. The normalized spacial score (nSPS) is 32.2. The fourth-order valence-corrected chi connectivity index (χ4v) is 2.92. The van der Waals surface area contributed by atoms with E-state index < -0.39 is 0 Å². The molecule has 0 saturated carbocycles. The third-order valence-electron chi connectivity index (χ3n) is 4.10. The fourth-order valence-electron chi connectivity index (χ4n) is 2.92. The molecular formula is C13H24N2O2. The molecule has 2 heterocycles. The van der Waals surface area contributed by atoms with Crippen LogP contribution in [-0.4, -0.2) is 48.2 Å². The first kappa shape index (κ1) is 12.8. The van der Waals surface area contributed by atoms with E-state index in [0.29, 0.717) is 5.91 Å². The average molecular weight is 240 g/mol. The Kier molecular flexibility index (Phi) is 4.40. The van der Waals surface area contributed by atoms with Gasteiger partial charge in [-0.15, -0.1) is 0 Å². The van der Waals surface area contributed by atoms with Crippen molar-refractivity contribution in [3.8, 4) is 0 Å². The van der Waals surface area contributed by atoms with Gasteiger partial charge in [0.1, 0.15) is 0 Å². The van der Waals surface area contributed by atoms with Gasteiger partial charge in [0.25, 0.3) is 0 Å². The van der Waals surface area contributed by atoms with Gasteiger partial charge >= 0.3 is 0 Å². The third kappa shape index (κ3) is 3.19. The first-order chi connectivity index (χ1) is 8.18. The van der Waals surface area contributed by atoms with Crippen LogP contribution in [0.2, 0.25) is 0 Å². The number of carbonyl (C=O) groups is 1. The van der Waals surface area contributed by atoms with E-state index in [2.05, 4.69) is 5.32 Å². The molecule has 0 bridgehead atoms. The molecule has 4 nitrogen and oxygen atoms in total. The Morgan fingerprint density at radius 2 is 2.24 bits per heavy atom. The van der Waals surface area contributed by atoms with Crippen LogP contribution in [0, 0.1) is 11.8 Å². The largest absolute Gasteiger partial charge is 0.393 e. The van der Waals surface area contributed by atoms with E-state index in [1.807, 2.05) is 11.8 Å². The molecule has 2 saturated heterocycles. The Balaban J connectivity index is 1.89. The van der Waals surface area contributed by atoms with Crippen LogP contribution >= 0.6 is 0 Å². The summed E-state index contributed by atoms with van der Waals surface area (Å²) in [7, 11) is 0. The van der Waals surface area contributed by atoms with E-state index in [0.717, 1.165) is 51.9 Å². The summed E-state index contributed by atoms with van der Waals surface area (Å²) in [5.74, 6) is 0.725. The lowest BCUT2D eigenvalue weighted by Crippen LogP contribution is -2.48. The van der Waals surface area contributed by atoms with Gasteiger partial charge in [0.2, 0.25) is 5.91 Å². The Morgan fingerprint density at radius 3 is 2.88 bits per heavy atom. The molecule has 4 heteroatoms. The van der Waals surface area contributed by atoms with Gasteiger partial charge in [0.15, 0.2) is 0 Å². The highest BCUT2D eigenvalue weighted by atomic mass is 16.3. The van der Waals surface area contributed by atoms with E-state index in [4.69, 9.17) is 0 Å². The summed E-state index contributed by atoms with van der Waals surface area (Å²) in [5.41, 5.74) is 0. The molecule has 2 rings (SSSR count). The average Bonchev–Trinajstić information content (AvgIpc) is 2.39. The number of likely N-dealkylation sites (tertiary alicyclic amines) is 1. The maximum Gasteiger partial charge on any atom is 0.226 e. The van der Waals surface area contributed by atoms with Crippen molar-refractivity contribution >= 4 is 5.91 Å². The van der Waals surface area contributed by atoms with Crippen LogP contribution in [0.25, 0.3) is 0 Å². The van der Waals surface area contributed by atoms with E-state index >= 15 is 0 Å². The topological polar surface area (TPSA) is 52.6 Å². The zero-order valence-corrected chi connectivity index (χ0v) is 10.7. The summed E-state index contributed by atoms with van der Waals surface area (Å²) in [6.07, 6.45) is 3.90. The molecule has 0 radical (unpaired) electrons. The minimum absolute atomic E-state index is 0.163. The molecule has 0 aromatic carbocycles. The van der Waals surface area contributed by atoms with Crippen molar-refractivity contribution in [3.63, 3.8) is 0 Å². The molecule has 1 amide bonds. The third-order valence-corrected chi connectivity index (χ3v) is 4.10. The van der Waals surface area contributed by atoms with Crippen LogP contribution in [0.5, 0.6) is 0 Å². The van der Waals surface area contributed by atoms with Gasteiger partial charge in [0, 0.05) is 25.6 Å². The Labute approximate surface area is 103 Å². The molecule has 17 heavy (non-hydrogen) atoms. The summed E-state index contributed by atoms with van der Waals surface area (Å²) in [6, 6.07) is 0. The van der Waals surface area contributed by atoms with Crippen LogP contribution in [-0.2, 0) is 4.79 Å². The highest BCUT2D eigenvalue weighted by Gasteiger charge is 2.30. The molecule has 2 aliphatic rings. The van der Waals surface area contributed by atoms with Crippen molar-refractivity contribution in [2.45, 2.75) is 38.7 Å². The fraction of sp³-hybridized carbons (Fsp3) is 0.923. The summed E-state index contributed by atoms with van der Waals surface area (Å²) in [4.78, 5) is 14.3. The van der Waals surface area contributed by atoms with Gasteiger partial charge in [0.05, 0.1) is 12.0 Å². The molecule has 98 valence electrons. The second-order valence-electron chi connectivity index (χ2n) is 5.47. The lowest BCUT2D eigenvalue weighted by atomic mass is 9.91. The van der Waals surface area contributed by atoms with Crippen LogP contribution < -0.4 is 5.32 Å². The zero-order chi connectivity index (χ0) is 12.3. The Hall–Kier alpha value is -0.610. The van der Waals surface area contributed by atoms with E-state index in [9.17, 15) is 9.90 Å². The molecule has 2 aliphatic heterocycles. The molecule has 0 aromatic heterocycles. The van der Waals surface area contributed by atoms with E-state index in [-0.39, 0.29) is 17.9 Å². The first-order valence-electron chi connectivity index (χ1n) is 6.86. The molecule has 2 N–H and O–H groups in total. The summed E-state index contributed by atoms with van der Waals surface area (Å²) in [6.45, 7) is 5.32. The molecule has 2 fully saturated rings. The summed E-state index contributed by atoms with van der Waals surface area (Å²) in [5, 5.41) is 12.9. The molecule has 0 aliphatic carbocycles. The molecular weight excluding hydrogens is 216 g/mol. The number of aliphatic hydroxyl groups is 1. The number of aliphatic hydroxyl groups excluding tert-OH is 1. The van der Waals surface area contributed by atoms with Crippen molar-refractivity contribution in [1.82, 2.24) is 10.2 Å². The number of piperidine rings is 2. The van der Waals surface area contributed by atoms with E-state index in [1.54, 1.807) is 0 Å².